The summed E-state index contributed by atoms with van der Waals surface area (Å²) in [6, 6.07) is 0. The molecule has 0 amide bonds. The first-order valence-electron chi connectivity index (χ1n) is 10.5. The van der Waals surface area contributed by atoms with Gasteiger partial charge >= 0.3 is 0 Å². The van der Waals surface area contributed by atoms with Crippen LogP contribution >= 0.6 is 0 Å². The third kappa shape index (κ3) is 16.1. The van der Waals surface area contributed by atoms with E-state index in [2.05, 4.69) is 26.8 Å². The standard InChI is InChI=1S/C22H44/c1-4-7-8-9-10-11-12-13-14-15-16-17-18-19-21-22(6-3)20-5-2/h6H,4-5,7-21H2,1-3H3. The van der Waals surface area contributed by atoms with Crippen LogP contribution in [0.15, 0.2) is 11.6 Å². The minimum atomic E-state index is 1.30. The molecule has 0 spiro atoms. The fourth-order valence-electron chi connectivity index (χ4n) is 3.28. The zero-order valence-electron chi connectivity index (χ0n) is 16.1. The van der Waals surface area contributed by atoms with E-state index in [-0.39, 0.29) is 0 Å². The lowest BCUT2D eigenvalue weighted by molar-refractivity contribution is 0.534. The van der Waals surface area contributed by atoms with E-state index in [0.29, 0.717) is 0 Å². The molecule has 0 atom stereocenters. The van der Waals surface area contributed by atoms with Crippen molar-refractivity contribution in [2.45, 2.75) is 130 Å². The smallest absolute Gasteiger partial charge is 0.0320 e. The average Bonchev–Trinajstić information content (AvgIpc) is 2.54. The van der Waals surface area contributed by atoms with Crippen LogP contribution in [0.4, 0.5) is 0 Å². The number of rotatable bonds is 17. The molecule has 0 N–H and O–H groups in total. The summed E-state index contributed by atoms with van der Waals surface area (Å²) >= 11 is 0. The summed E-state index contributed by atoms with van der Waals surface area (Å²) in [5.74, 6) is 0. The van der Waals surface area contributed by atoms with Crippen molar-refractivity contribution in [1.29, 1.82) is 0 Å². The molecule has 0 aromatic heterocycles. The Hall–Kier alpha value is -0.260. The molecule has 0 aliphatic rings. The zero-order valence-corrected chi connectivity index (χ0v) is 16.1. The SMILES string of the molecule is CC=C(CCC)CCCCCCCCCCCCCCCC. The van der Waals surface area contributed by atoms with E-state index in [9.17, 15) is 0 Å². The van der Waals surface area contributed by atoms with Gasteiger partial charge in [-0.1, -0.05) is 115 Å². The van der Waals surface area contributed by atoms with Crippen molar-refractivity contribution in [1.82, 2.24) is 0 Å². The lowest BCUT2D eigenvalue weighted by atomic mass is 10.0. The monoisotopic (exact) mass is 308 g/mol. The highest BCUT2D eigenvalue weighted by Gasteiger charge is 1.97. The van der Waals surface area contributed by atoms with Crippen molar-refractivity contribution < 1.29 is 0 Å². The van der Waals surface area contributed by atoms with Crippen molar-refractivity contribution in [2.24, 2.45) is 0 Å². The quantitative estimate of drug-likeness (QED) is 0.186. The van der Waals surface area contributed by atoms with Crippen LogP contribution in [0.5, 0.6) is 0 Å². The number of unbranched alkanes of at least 4 members (excludes halogenated alkanes) is 13. The molecule has 0 aromatic rings. The van der Waals surface area contributed by atoms with E-state index in [1.54, 1.807) is 5.57 Å². The van der Waals surface area contributed by atoms with E-state index in [0.717, 1.165) is 0 Å². The fourth-order valence-corrected chi connectivity index (χ4v) is 3.28. The van der Waals surface area contributed by atoms with Crippen LogP contribution in [0.1, 0.15) is 130 Å². The second kappa shape index (κ2) is 18.8. The van der Waals surface area contributed by atoms with Crippen LogP contribution in [0.2, 0.25) is 0 Å². The van der Waals surface area contributed by atoms with Crippen LogP contribution in [0, 0.1) is 0 Å². The summed E-state index contributed by atoms with van der Waals surface area (Å²) in [6.45, 7) is 6.79. The highest BCUT2D eigenvalue weighted by Crippen LogP contribution is 2.16. The van der Waals surface area contributed by atoms with Gasteiger partial charge in [-0.25, -0.2) is 0 Å². The lowest BCUT2D eigenvalue weighted by Crippen LogP contribution is -1.86. The second-order valence-electron chi connectivity index (χ2n) is 7.04. The van der Waals surface area contributed by atoms with E-state index in [1.807, 2.05) is 0 Å². The molecule has 0 nitrogen and oxygen atoms in total. The molecule has 0 unspecified atom stereocenters. The highest BCUT2D eigenvalue weighted by atomic mass is 14.0. The molecule has 0 rings (SSSR count). The number of hydrogen-bond acceptors (Lipinski definition) is 0. The Morgan fingerprint density at radius 1 is 0.500 bits per heavy atom. The molecule has 0 bridgehead atoms. The van der Waals surface area contributed by atoms with E-state index >= 15 is 0 Å². The predicted octanol–water partition coefficient (Wildman–Crippen LogP) is 8.60. The Morgan fingerprint density at radius 3 is 1.27 bits per heavy atom. The van der Waals surface area contributed by atoms with Gasteiger partial charge in [-0.05, 0) is 26.2 Å². The van der Waals surface area contributed by atoms with E-state index in [1.165, 1.54) is 109 Å². The maximum Gasteiger partial charge on any atom is -0.0320 e. The summed E-state index contributed by atoms with van der Waals surface area (Å²) in [5.41, 5.74) is 1.68. The molecular weight excluding hydrogens is 264 g/mol. The van der Waals surface area contributed by atoms with Crippen LogP contribution < -0.4 is 0 Å². The van der Waals surface area contributed by atoms with Gasteiger partial charge in [0.05, 0.1) is 0 Å². The second-order valence-corrected chi connectivity index (χ2v) is 7.04. The zero-order chi connectivity index (χ0) is 16.3. The molecule has 0 aromatic carbocycles. The fraction of sp³-hybridized carbons (Fsp3) is 0.909. The van der Waals surface area contributed by atoms with Gasteiger partial charge in [0.25, 0.3) is 0 Å². The molecule has 0 aliphatic heterocycles. The molecule has 0 saturated carbocycles. The van der Waals surface area contributed by atoms with Gasteiger partial charge in [0.1, 0.15) is 0 Å². The lowest BCUT2D eigenvalue weighted by Gasteiger charge is -2.06. The Morgan fingerprint density at radius 2 is 0.909 bits per heavy atom. The van der Waals surface area contributed by atoms with Gasteiger partial charge in [0.2, 0.25) is 0 Å². The van der Waals surface area contributed by atoms with Gasteiger partial charge in [0, 0.05) is 0 Å². The maximum absolute atomic E-state index is 2.34. The molecule has 0 heteroatoms. The molecule has 22 heavy (non-hydrogen) atoms. The van der Waals surface area contributed by atoms with Crippen LogP contribution in [0.3, 0.4) is 0 Å². The van der Waals surface area contributed by atoms with Crippen LogP contribution in [-0.4, -0.2) is 0 Å². The van der Waals surface area contributed by atoms with Crippen molar-refractivity contribution in [3.05, 3.63) is 11.6 Å². The Balaban J connectivity index is 3.11. The third-order valence-corrected chi connectivity index (χ3v) is 4.83. The molecule has 0 fully saturated rings. The average molecular weight is 309 g/mol. The van der Waals surface area contributed by atoms with Gasteiger partial charge < -0.3 is 0 Å². The minimum Gasteiger partial charge on any atom is -0.0885 e. The first-order valence-corrected chi connectivity index (χ1v) is 10.5. The van der Waals surface area contributed by atoms with Gasteiger partial charge in [-0.15, -0.1) is 0 Å². The molecule has 0 heterocycles. The Bertz CT molecular complexity index is 226. The molecule has 132 valence electrons. The van der Waals surface area contributed by atoms with Crippen molar-refractivity contribution in [3.63, 3.8) is 0 Å². The topological polar surface area (TPSA) is 0 Å². The maximum atomic E-state index is 2.34. The van der Waals surface area contributed by atoms with E-state index < -0.39 is 0 Å². The van der Waals surface area contributed by atoms with Crippen molar-refractivity contribution in [2.75, 3.05) is 0 Å². The Kier molecular flexibility index (Phi) is 18.6. The number of hydrogen-bond donors (Lipinski definition) is 0. The highest BCUT2D eigenvalue weighted by molar-refractivity contribution is 4.99. The predicted molar refractivity (Wildman–Crippen MR) is 104 cm³/mol. The molecular formula is C22H44. The van der Waals surface area contributed by atoms with Gasteiger partial charge in [0.15, 0.2) is 0 Å². The normalized spacial score (nSPS) is 12.0. The summed E-state index contributed by atoms with van der Waals surface area (Å²) < 4.78 is 0. The summed E-state index contributed by atoms with van der Waals surface area (Å²) in [7, 11) is 0. The summed E-state index contributed by atoms with van der Waals surface area (Å²) in [5, 5.41) is 0. The molecule has 0 radical (unpaired) electrons. The third-order valence-electron chi connectivity index (χ3n) is 4.83. The molecule has 0 saturated heterocycles. The first-order chi connectivity index (χ1) is 10.8. The minimum absolute atomic E-state index is 1.30. The van der Waals surface area contributed by atoms with Gasteiger partial charge in [-0.2, -0.15) is 0 Å². The van der Waals surface area contributed by atoms with E-state index in [4.69, 9.17) is 0 Å². The van der Waals surface area contributed by atoms with Gasteiger partial charge in [-0.3, -0.25) is 0 Å². The summed E-state index contributed by atoms with van der Waals surface area (Å²) in [6.07, 6.45) is 26.7. The Labute approximate surface area is 142 Å². The summed E-state index contributed by atoms with van der Waals surface area (Å²) in [4.78, 5) is 0. The molecule has 0 aliphatic carbocycles. The largest absolute Gasteiger partial charge is 0.0885 e. The first kappa shape index (κ1) is 21.7. The van der Waals surface area contributed by atoms with Crippen LogP contribution in [0.25, 0.3) is 0 Å². The van der Waals surface area contributed by atoms with Crippen molar-refractivity contribution >= 4 is 0 Å². The van der Waals surface area contributed by atoms with Crippen molar-refractivity contribution in [3.8, 4) is 0 Å². The van der Waals surface area contributed by atoms with Crippen LogP contribution in [-0.2, 0) is 0 Å². The number of allylic oxidation sites excluding steroid dienone is 2.